The fraction of sp³-hybridized carbons (Fsp3) is 0.429. The molecule has 0 amide bonds. The summed E-state index contributed by atoms with van der Waals surface area (Å²) in [6.45, 7) is 2.18. The van der Waals surface area contributed by atoms with E-state index in [1.54, 1.807) is 6.07 Å². The van der Waals surface area contributed by atoms with Gasteiger partial charge in [-0.25, -0.2) is 9.59 Å². The second kappa shape index (κ2) is 6.02. The predicted molar refractivity (Wildman–Crippen MR) is 72.8 cm³/mol. The molecular formula is C14H18N2O4. The smallest absolute Gasteiger partial charge is 0.336 e. The first kappa shape index (κ1) is 14.5. The number of nitrogens with two attached hydrogens (primary N) is 1. The number of carbonyl (C=O) groups is 2. The Morgan fingerprint density at radius 2 is 1.85 bits per heavy atom. The maximum Gasteiger partial charge on any atom is 0.336 e. The maximum atomic E-state index is 11.3. The zero-order valence-electron chi connectivity index (χ0n) is 11.1. The number of rotatable bonds is 4. The normalized spacial score (nSPS) is 17.1. The molecule has 6 nitrogen and oxygen atoms in total. The minimum Gasteiger partial charge on any atom is -0.478 e. The van der Waals surface area contributed by atoms with Crippen LogP contribution in [0.1, 0.15) is 39.1 Å². The van der Waals surface area contributed by atoms with E-state index < -0.39 is 11.9 Å². The molecule has 0 bridgehead atoms. The van der Waals surface area contributed by atoms with Gasteiger partial charge in [0.1, 0.15) is 0 Å². The van der Waals surface area contributed by atoms with Gasteiger partial charge in [0, 0.05) is 12.6 Å². The summed E-state index contributed by atoms with van der Waals surface area (Å²) < 4.78 is 0. The van der Waals surface area contributed by atoms with Gasteiger partial charge in [-0.1, -0.05) is 6.07 Å². The van der Waals surface area contributed by atoms with Crippen LogP contribution in [0, 0.1) is 0 Å². The Morgan fingerprint density at radius 3 is 2.40 bits per heavy atom. The number of nitrogens with zero attached hydrogens (tertiary/aromatic N) is 1. The van der Waals surface area contributed by atoms with Crippen LogP contribution in [0.4, 0.5) is 0 Å². The summed E-state index contributed by atoms with van der Waals surface area (Å²) in [5.41, 5.74) is 6.52. The Morgan fingerprint density at radius 1 is 1.20 bits per heavy atom. The molecule has 0 unspecified atom stereocenters. The molecule has 1 aliphatic rings. The molecule has 0 spiro atoms. The second-order valence-electron chi connectivity index (χ2n) is 5.10. The average molecular weight is 278 g/mol. The van der Waals surface area contributed by atoms with Crippen molar-refractivity contribution in [3.8, 4) is 0 Å². The number of piperidine rings is 1. The Labute approximate surface area is 116 Å². The number of aromatic carboxylic acids is 2. The highest BCUT2D eigenvalue weighted by Crippen LogP contribution is 2.18. The van der Waals surface area contributed by atoms with Gasteiger partial charge in [0.2, 0.25) is 0 Å². The van der Waals surface area contributed by atoms with Gasteiger partial charge in [0.25, 0.3) is 0 Å². The van der Waals surface area contributed by atoms with E-state index in [1.165, 1.54) is 12.1 Å². The molecule has 1 saturated heterocycles. The first-order valence-corrected chi connectivity index (χ1v) is 6.55. The van der Waals surface area contributed by atoms with Gasteiger partial charge >= 0.3 is 11.9 Å². The predicted octanol–water partition coefficient (Wildman–Crippen LogP) is 1.01. The first-order valence-electron chi connectivity index (χ1n) is 6.55. The third-order valence-corrected chi connectivity index (χ3v) is 3.61. The topological polar surface area (TPSA) is 104 Å². The van der Waals surface area contributed by atoms with Crippen molar-refractivity contribution >= 4 is 11.9 Å². The van der Waals surface area contributed by atoms with Crippen LogP contribution < -0.4 is 5.73 Å². The standard InChI is InChI=1S/C14H18N2O4/c15-11-3-5-16(6-4-11)8-10-2-1-9(13(17)18)7-12(10)14(19)20/h1-2,7,11H,3-6,8,15H2,(H,17,18)(H,19,20). The summed E-state index contributed by atoms with van der Waals surface area (Å²) in [5, 5.41) is 18.1. The molecule has 6 heteroatoms. The molecule has 1 heterocycles. The van der Waals surface area contributed by atoms with Crippen molar-refractivity contribution in [1.29, 1.82) is 0 Å². The molecular weight excluding hydrogens is 260 g/mol. The monoisotopic (exact) mass is 278 g/mol. The highest BCUT2D eigenvalue weighted by Gasteiger charge is 2.19. The number of carboxylic acids is 2. The van der Waals surface area contributed by atoms with Crippen molar-refractivity contribution in [2.75, 3.05) is 13.1 Å². The highest BCUT2D eigenvalue weighted by atomic mass is 16.4. The van der Waals surface area contributed by atoms with Crippen molar-refractivity contribution in [2.45, 2.75) is 25.4 Å². The molecule has 1 aliphatic heterocycles. The summed E-state index contributed by atoms with van der Waals surface area (Å²) in [5.74, 6) is -2.22. The molecule has 4 N–H and O–H groups in total. The zero-order valence-corrected chi connectivity index (χ0v) is 11.1. The van der Waals surface area contributed by atoms with E-state index in [4.69, 9.17) is 10.8 Å². The van der Waals surface area contributed by atoms with Gasteiger partial charge in [0.15, 0.2) is 0 Å². The minimum atomic E-state index is -1.12. The van der Waals surface area contributed by atoms with Crippen LogP contribution in [0.2, 0.25) is 0 Å². The van der Waals surface area contributed by atoms with Crippen LogP contribution >= 0.6 is 0 Å². The van der Waals surface area contributed by atoms with Crippen molar-refractivity contribution in [3.63, 3.8) is 0 Å². The lowest BCUT2D eigenvalue weighted by Gasteiger charge is -2.30. The van der Waals surface area contributed by atoms with Gasteiger partial charge in [-0.2, -0.15) is 0 Å². The fourth-order valence-electron chi connectivity index (χ4n) is 2.40. The van der Waals surface area contributed by atoms with E-state index in [2.05, 4.69) is 4.90 Å². The molecule has 1 fully saturated rings. The third-order valence-electron chi connectivity index (χ3n) is 3.61. The second-order valence-corrected chi connectivity index (χ2v) is 5.10. The Bertz CT molecular complexity index is 522. The molecule has 0 atom stereocenters. The third kappa shape index (κ3) is 3.34. The molecule has 2 rings (SSSR count). The Hall–Kier alpha value is -1.92. The summed E-state index contributed by atoms with van der Waals surface area (Å²) in [4.78, 5) is 24.3. The van der Waals surface area contributed by atoms with Crippen molar-refractivity contribution in [3.05, 3.63) is 34.9 Å². The summed E-state index contributed by atoms with van der Waals surface area (Å²) in [6, 6.07) is 4.47. The molecule has 0 saturated carbocycles. The molecule has 1 aromatic carbocycles. The largest absolute Gasteiger partial charge is 0.478 e. The lowest BCUT2D eigenvalue weighted by Crippen LogP contribution is -2.39. The zero-order chi connectivity index (χ0) is 14.7. The van der Waals surface area contributed by atoms with Gasteiger partial charge in [0.05, 0.1) is 11.1 Å². The minimum absolute atomic E-state index is 0.00758. The average Bonchev–Trinajstić information content (AvgIpc) is 2.41. The van der Waals surface area contributed by atoms with Gasteiger partial charge in [-0.3, -0.25) is 4.90 Å². The van der Waals surface area contributed by atoms with Crippen molar-refractivity contribution < 1.29 is 19.8 Å². The number of benzene rings is 1. The summed E-state index contributed by atoms with van der Waals surface area (Å²) in [7, 11) is 0. The van der Waals surface area contributed by atoms with Gasteiger partial charge in [-0.15, -0.1) is 0 Å². The van der Waals surface area contributed by atoms with Crippen LogP contribution in [-0.2, 0) is 6.54 Å². The Balaban J connectivity index is 2.18. The lowest BCUT2D eigenvalue weighted by molar-refractivity contribution is 0.0693. The van der Waals surface area contributed by atoms with E-state index in [-0.39, 0.29) is 17.2 Å². The fourth-order valence-corrected chi connectivity index (χ4v) is 2.40. The lowest BCUT2D eigenvalue weighted by atomic mass is 10.0. The molecule has 0 radical (unpaired) electrons. The van der Waals surface area contributed by atoms with Gasteiger partial charge in [-0.05, 0) is 43.6 Å². The molecule has 0 aromatic heterocycles. The van der Waals surface area contributed by atoms with E-state index in [0.29, 0.717) is 12.1 Å². The summed E-state index contributed by atoms with van der Waals surface area (Å²) in [6.07, 6.45) is 1.80. The van der Waals surface area contributed by atoms with E-state index in [1.807, 2.05) is 0 Å². The molecule has 1 aromatic rings. The number of likely N-dealkylation sites (tertiary alicyclic amines) is 1. The molecule has 108 valence electrons. The van der Waals surface area contributed by atoms with E-state index >= 15 is 0 Å². The quantitative estimate of drug-likeness (QED) is 0.759. The number of carboxylic acid groups (broad SMARTS) is 2. The SMILES string of the molecule is NC1CCN(Cc2ccc(C(=O)O)cc2C(=O)O)CC1. The highest BCUT2D eigenvalue weighted by molar-refractivity contribution is 5.94. The molecule has 20 heavy (non-hydrogen) atoms. The van der Waals surface area contributed by atoms with E-state index in [9.17, 15) is 14.7 Å². The van der Waals surface area contributed by atoms with Crippen LogP contribution in [0.25, 0.3) is 0 Å². The molecule has 0 aliphatic carbocycles. The van der Waals surface area contributed by atoms with E-state index in [0.717, 1.165) is 25.9 Å². The first-order chi connectivity index (χ1) is 9.47. The van der Waals surface area contributed by atoms with Crippen LogP contribution in [-0.4, -0.2) is 46.2 Å². The maximum absolute atomic E-state index is 11.3. The summed E-state index contributed by atoms with van der Waals surface area (Å²) >= 11 is 0. The van der Waals surface area contributed by atoms with Crippen LogP contribution in [0.5, 0.6) is 0 Å². The van der Waals surface area contributed by atoms with Crippen molar-refractivity contribution in [2.24, 2.45) is 5.73 Å². The van der Waals surface area contributed by atoms with Crippen LogP contribution in [0.3, 0.4) is 0 Å². The van der Waals surface area contributed by atoms with Crippen LogP contribution in [0.15, 0.2) is 18.2 Å². The Kier molecular flexibility index (Phi) is 4.36. The number of hydrogen-bond donors (Lipinski definition) is 3. The van der Waals surface area contributed by atoms with Crippen molar-refractivity contribution in [1.82, 2.24) is 4.90 Å². The van der Waals surface area contributed by atoms with Gasteiger partial charge < -0.3 is 15.9 Å². The number of hydrogen-bond acceptors (Lipinski definition) is 4.